The van der Waals surface area contributed by atoms with Crippen LogP contribution in [-0.4, -0.2) is 18.4 Å². The predicted octanol–water partition coefficient (Wildman–Crippen LogP) is 2.07. The minimum atomic E-state index is -0.276. The van der Waals surface area contributed by atoms with Crippen LogP contribution >= 0.6 is 0 Å². The molecule has 2 amide bonds. The molecule has 1 rings (SSSR count). The number of aryl methyl sites for hydroxylation is 1. The zero-order chi connectivity index (χ0) is 13.4. The minimum Gasteiger partial charge on any atom is -0.491 e. The Labute approximate surface area is 107 Å². The molecular weight excluding hydrogens is 230 g/mol. The van der Waals surface area contributed by atoms with E-state index in [2.05, 4.69) is 12.2 Å². The summed E-state index contributed by atoms with van der Waals surface area (Å²) in [5.41, 5.74) is 1.26. The number of amides is 2. The molecule has 0 saturated carbocycles. The summed E-state index contributed by atoms with van der Waals surface area (Å²) in [6.45, 7) is 4.01. The van der Waals surface area contributed by atoms with Crippen LogP contribution in [0.25, 0.3) is 0 Å². The second-order valence-corrected chi connectivity index (χ2v) is 4.15. The fourth-order valence-electron chi connectivity index (χ4n) is 1.57. The molecule has 1 atom stereocenters. The second kappa shape index (κ2) is 7.48. The van der Waals surface area contributed by atoms with E-state index in [0.29, 0.717) is 12.8 Å². The third-order valence-corrected chi connectivity index (χ3v) is 2.67. The fourth-order valence-corrected chi connectivity index (χ4v) is 1.57. The van der Waals surface area contributed by atoms with Crippen molar-refractivity contribution in [1.82, 2.24) is 5.32 Å². The smallest absolute Gasteiger partial charge is 0.226 e. The van der Waals surface area contributed by atoms with Crippen LogP contribution in [0.4, 0.5) is 0 Å². The molecule has 0 aliphatic carbocycles. The summed E-state index contributed by atoms with van der Waals surface area (Å²) in [6, 6.07) is 7.92. The number of hydrogen-bond donors (Lipinski definition) is 1. The number of carbonyl (C=O) groups is 2. The van der Waals surface area contributed by atoms with Gasteiger partial charge in [0.25, 0.3) is 0 Å². The number of hydrogen-bond acceptors (Lipinski definition) is 3. The lowest BCUT2D eigenvalue weighted by molar-refractivity contribution is -0.125. The van der Waals surface area contributed by atoms with Gasteiger partial charge in [-0.15, -0.1) is 0 Å². The summed E-state index contributed by atoms with van der Waals surface area (Å²) in [4.78, 5) is 21.1. The lowest BCUT2D eigenvalue weighted by Gasteiger charge is -2.14. The molecule has 1 aromatic carbocycles. The summed E-state index contributed by atoms with van der Waals surface area (Å²) >= 11 is 0. The van der Waals surface area contributed by atoms with Gasteiger partial charge in [0.1, 0.15) is 5.75 Å². The van der Waals surface area contributed by atoms with Crippen molar-refractivity contribution in [3.8, 4) is 5.75 Å². The van der Waals surface area contributed by atoms with Gasteiger partial charge in [-0.2, -0.15) is 0 Å². The molecule has 98 valence electrons. The molecule has 0 saturated heterocycles. The van der Waals surface area contributed by atoms with E-state index in [0.717, 1.165) is 12.2 Å². The van der Waals surface area contributed by atoms with Gasteiger partial charge >= 0.3 is 0 Å². The number of rotatable bonds is 7. The first-order chi connectivity index (χ1) is 8.65. The number of ether oxygens (including phenoxy) is 1. The molecule has 4 nitrogen and oxygen atoms in total. The molecule has 0 aliphatic heterocycles. The quantitative estimate of drug-likeness (QED) is 0.753. The highest BCUT2D eigenvalue weighted by Crippen LogP contribution is 2.15. The summed E-state index contributed by atoms with van der Waals surface area (Å²) in [6.07, 6.45) is 2.20. The summed E-state index contributed by atoms with van der Waals surface area (Å²) < 4.78 is 5.67. The van der Waals surface area contributed by atoms with Gasteiger partial charge < -0.3 is 4.74 Å². The molecule has 1 aromatic rings. The first kappa shape index (κ1) is 14.2. The minimum absolute atomic E-state index is 0.0603. The van der Waals surface area contributed by atoms with Gasteiger partial charge in [0.15, 0.2) is 0 Å². The van der Waals surface area contributed by atoms with Crippen molar-refractivity contribution in [2.75, 3.05) is 0 Å². The van der Waals surface area contributed by atoms with Gasteiger partial charge in [-0.3, -0.25) is 14.9 Å². The van der Waals surface area contributed by atoms with E-state index in [1.807, 2.05) is 31.2 Å². The van der Waals surface area contributed by atoms with Crippen LogP contribution in [0, 0.1) is 0 Å². The van der Waals surface area contributed by atoms with Crippen molar-refractivity contribution in [3.63, 3.8) is 0 Å². The average Bonchev–Trinajstić information content (AvgIpc) is 2.38. The van der Waals surface area contributed by atoms with Gasteiger partial charge in [-0.05, 0) is 37.5 Å². The second-order valence-electron chi connectivity index (χ2n) is 4.15. The first-order valence-electron chi connectivity index (χ1n) is 6.14. The topological polar surface area (TPSA) is 55.4 Å². The Balaban J connectivity index is 2.36. The van der Waals surface area contributed by atoms with Gasteiger partial charge in [-0.1, -0.05) is 19.1 Å². The van der Waals surface area contributed by atoms with Crippen LogP contribution in [0.2, 0.25) is 0 Å². The predicted molar refractivity (Wildman–Crippen MR) is 69.4 cm³/mol. The van der Waals surface area contributed by atoms with Gasteiger partial charge in [0.2, 0.25) is 12.3 Å². The molecule has 0 aliphatic rings. The molecule has 0 fully saturated rings. The van der Waals surface area contributed by atoms with Crippen molar-refractivity contribution in [2.24, 2.45) is 0 Å². The zero-order valence-electron chi connectivity index (χ0n) is 10.8. The first-order valence-corrected chi connectivity index (χ1v) is 6.14. The average molecular weight is 249 g/mol. The Bertz CT molecular complexity index is 387. The van der Waals surface area contributed by atoms with E-state index >= 15 is 0 Å². The Morgan fingerprint density at radius 2 is 2.06 bits per heavy atom. The van der Waals surface area contributed by atoms with E-state index in [1.165, 1.54) is 5.56 Å². The molecule has 1 N–H and O–H groups in total. The monoisotopic (exact) mass is 249 g/mol. The summed E-state index contributed by atoms with van der Waals surface area (Å²) in [5, 5.41) is 2.10. The third kappa shape index (κ3) is 4.99. The Hall–Kier alpha value is -1.84. The van der Waals surface area contributed by atoms with Crippen molar-refractivity contribution < 1.29 is 14.3 Å². The highest BCUT2D eigenvalue weighted by atomic mass is 16.5. The summed E-state index contributed by atoms with van der Waals surface area (Å²) in [5.74, 6) is 0.525. The molecule has 1 unspecified atom stereocenters. The van der Waals surface area contributed by atoms with Crippen molar-refractivity contribution in [2.45, 2.75) is 39.2 Å². The van der Waals surface area contributed by atoms with Crippen LogP contribution < -0.4 is 10.1 Å². The van der Waals surface area contributed by atoms with Gasteiger partial charge in [-0.25, -0.2) is 0 Å². The van der Waals surface area contributed by atoms with E-state index in [9.17, 15) is 9.59 Å². The largest absolute Gasteiger partial charge is 0.491 e. The molecule has 0 spiro atoms. The lowest BCUT2D eigenvalue weighted by atomic mass is 10.1. The lowest BCUT2D eigenvalue weighted by Crippen LogP contribution is -2.23. The molecular formula is C14H19NO3. The van der Waals surface area contributed by atoms with Crippen LogP contribution in [0.5, 0.6) is 5.75 Å². The fraction of sp³-hybridized carbons (Fsp3) is 0.429. The number of benzene rings is 1. The zero-order valence-corrected chi connectivity index (χ0v) is 10.8. The van der Waals surface area contributed by atoms with E-state index < -0.39 is 0 Å². The highest BCUT2D eigenvalue weighted by molar-refractivity contribution is 5.85. The molecule has 0 radical (unpaired) electrons. The Morgan fingerprint density at radius 1 is 1.39 bits per heavy atom. The van der Waals surface area contributed by atoms with E-state index in [1.54, 1.807) is 0 Å². The van der Waals surface area contributed by atoms with Crippen LogP contribution in [0.1, 0.15) is 32.3 Å². The molecule has 0 heterocycles. The van der Waals surface area contributed by atoms with E-state index in [-0.39, 0.29) is 18.4 Å². The maximum absolute atomic E-state index is 11.1. The normalized spacial score (nSPS) is 11.7. The van der Waals surface area contributed by atoms with E-state index in [4.69, 9.17) is 4.74 Å². The van der Waals surface area contributed by atoms with Crippen LogP contribution in [0.3, 0.4) is 0 Å². The molecule has 18 heavy (non-hydrogen) atoms. The number of carbonyl (C=O) groups excluding carboxylic acids is 2. The van der Waals surface area contributed by atoms with Crippen molar-refractivity contribution in [1.29, 1.82) is 0 Å². The maximum atomic E-state index is 11.1. The molecule has 0 aromatic heterocycles. The molecule has 4 heteroatoms. The van der Waals surface area contributed by atoms with Gasteiger partial charge in [0.05, 0.1) is 6.10 Å². The SMILES string of the molecule is CCc1ccc(OC(C)CCC(=O)NC=O)cc1. The van der Waals surface area contributed by atoms with Gasteiger partial charge in [0, 0.05) is 6.42 Å². The van der Waals surface area contributed by atoms with Crippen molar-refractivity contribution in [3.05, 3.63) is 29.8 Å². The van der Waals surface area contributed by atoms with Crippen molar-refractivity contribution >= 4 is 12.3 Å². The highest BCUT2D eigenvalue weighted by Gasteiger charge is 2.07. The molecule has 0 bridgehead atoms. The Morgan fingerprint density at radius 3 is 2.61 bits per heavy atom. The number of imide groups is 1. The third-order valence-electron chi connectivity index (χ3n) is 2.67. The summed E-state index contributed by atoms with van der Waals surface area (Å²) in [7, 11) is 0. The maximum Gasteiger partial charge on any atom is 0.226 e. The Kier molecular flexibility index (Phi) is 5.91. The van der Waals surface area contributed by atoms with Crippen LogP contribution in [0.15, 0.2) is 24.3 Å². The number of nitrogens with one attached hydrogen (secondary N) is 1. The van der Waals surface area contributed by atoms with Crippen LogP contribution in [-0.2, 0) is 16.0 Å². The standard InChI is InChI=1S/C14H19NO3/c1-3-12-5-7-13(8-6-12)18-11(2)4-9-14(17)15-10-16/h5-8,10-11H,3-4,9H2,1-2H3,(H,15,16,17).